The molecule has 2 amide bonds. The SMILES string of the molecule is Cc1ncsc1-c1ccc([C@H](CO)NC(=O)[C@@H]2C[C@@H](O)CN2C(=O)[C@H](C(C)C)n2cc(-c3ccc(COc4c(C5=c6cn[nH]c6=CC(F)C5C)c(Cl)c5c6c(nc(OC7CCOCC7)nc46)N4[C@@H]6CN[C@@H](C6)[C@H]4CO5)c(F)c3)nn2)cc1. The van der Waals surface area contributed by atoms with Crippen LogP contribution in [-0.4, -0.2) is 149 Å². The number of ether oxygens (including phenoxy) is 4. The molecular weight excluding hydrogens is 1100 g/mol. The van der Waals surface area contributed by atoms with Gasteiger partial charge in [-0.1, -0.05) is 74.0 Å². The highest BCUT2D eigenvalue weighted by Gasteiger charge is 2.50. The lowest BCUT2D eigenvalue weighted by Crippen LogP contribution is -2.53. The Bertz CT molecular complexity index is 3740. The lowest BCUT2D eigenvalue weighted by molar-refractivity contribution is -0.142. The number of likely N-dealkylation sites (tertiary alicyclic amines) is 1. The van der Waals surface area contributed by atoms with Gasteiger partial charge in [-0.3, -0.25) is 14.7 Å². The van der Waals surface area contributed by atoms with Crippen LogP contribution in [0.2, 0.25) is 5.02 Å². The average Bonchev–Trinajstić information content (AvgIpc) is 3.33. The maximum absolute atomic E-state index is 16.8. The van der Waals surface area contributed by atoms with Crippen LogP contribution in [0.25, 0.3) is 44.3 Å². The fourth-order valence-corrected chi connectivity index (χ4v) is 13.9. The summed E-state index contributed by atoms with van der Waals surface area (Å²) in [5, 5.41) is 45.5. The zero-order valence-corrected chi connectivity index (χ0v) is 47.0. The third-order valence-corrected chi connectivity index (χ3v) is 18.3. The second-order valence-electron chi connectivity index (χ2n) is 22.4. The summed E-state index contributed by atoms with van der Waals surface area (Å²) in [5.74, 6) is -1.65. The van der Waals surface area contributed by atoms with E-state index < -0.39 is 60.6 Å². The maximum Gasteiger partial charge on any atom is 0.319 e. The summed E-state index contributed by atoms with van der Waals surface area (Å²) >= 11 is 9.13. The molecule has 4 saturated heterocycles. The number of nitrogens with one attached hydrogen (secondary N) is 3. The fraction of sp³-hybridized carbons (Fsp3) is 0.448. The second-order valence-corrected chi connectivity index (χ2v) is 23.7. The summed E-state index contributed by atoms with van der Waals surface area (Å²) in [5.41, 5.74) is 6.24. The van der Waals surface area contributed by atoms with Crippen LogP contribution >= 0.6 is 22.9 Å². The Hall–Kier alpha value is -7.15. The Morgan fingerprint density at radius 1 is 1.09 bits per heavy atom. The number of hydrogen-bond acceptors (Lipinski definition) is 17. The van der Waals surface area contributed by atoms with Crippen LogP contribution in [0.3, 0.4) is 0 Å². The molecule has 3 aromatic carbocycles. The van der Waals surface area contributed by atoms with Gasteiger partial charge in [-0.15, -0.1) is 16.4 Å². The van der Waals surface area contributed by atoms with Crippen LogP contribution in [0.4, 0.5) is 14.6 Å². The number of aromatic nitrogens is 8. The van der Waals surface area contributed by atoms with Crippen molar-refractivity contribution < 1.29 is 47.5 Å². The van der Waals surface area contributed by atoms with E-state index in [0.29, 0.717) is 81.4 Å². The number of fused-ring (bicyclic) bond motifs is 7. The molecule has 5 aliphatic heterocycles. The number of alkyl halides is 1. The fourth-order valence-electron chi connectivity index (χ4n) is 12.7. The molecule has 4 fully saturated rings. The van der Waals surface area contributed by atoms with E-state index in [1.54, 1.807) is 37.0 Å². The molecule has 9 atom stereocenters. The lowest BCUT2D eigenvalue weighted by Gasteiger charge is -2.35. The number of β-amino-alcohol motifs (C(OH)–C–C–N with tert-alkyl or cyclic N) is 1. The highest BCUT2D eigenvalue weighted by molar-refractivity contribution is 7.13. The molecule has 20 nitrogen and oxygen atoms in total. The number of H-pyrrole nitrogens is 1. The molecule has 2 bridgehead atoms. The van der Waals surface area contributed by atoms with E-state index in [9.17, 15) is 19.8 Å². The number of rotatable bonds is 15. The van der Waals surface area contributed by atoms with Gasteiger partial charge in [-0.2, -0.15) is 15.1 Å². The van der Waals surface area contributed by atoms with Gasteiger partial charge in [-0.05, 0) is 48.1 Å². The predicted molar refractivity (Wildman–Crippen MR) is 300 cm³/mol. The largest absolute Gasteiger partial charge is 0.489 e. The van der Waals surface area contributed by atoms with Crippen molar-refractivity contribution in [1.29, 1.82) is 0 Å². The number of halogens is 3. The second kappa shape index (κ2) is 21.9. The van der Waals surface area contributed by atoms with Gasteiger partial charge in [0.2, 0.25) is 11.8 Å². The van der Waals surface area contributed by atoms with Crippen LogP contribution in [-0.2, 0) is 20.9 Å². The third kappa shape index (κ3) is 9.61. The van der Waals surface area contributed by atoms with E-state index in [-0.39, 0.29) is 84.4 Å². The Morgan fingerprint density at radius 3 is 2.65 bits per heavy atom. The molecule has 4 aromatic heterocycles. The minimum atomic E-state index is -1.43. The Kier molecular flexibility index (Phi) is 14.4. The third-order valence-electron chi connectivity index (χ3n) is 17.0. The molecule has 0 radical (unpaired) electrons. The van der Waals surface area contributed by atoms with Crippen molar-refractivity contribution in [2.24, 2.45) is 11.8 Å². The zero-order chi connectivity index (χ0) is 56.7. The number of piperazine rings is 1. The maximum atomic E-state index is 16.8. The summed E-state index contributed by atoms with van der Waals surface area (Å²) in [6.45, 7) is 8.64. The highest BCUT2D eigenvalue weighted by atomic mass is 35.5. The van der Waals surface area contributed by atoms with Gasteiger partial charge < -0.3 is 49.6 Å². The lowest BCUT2D eigenvalue weighted by atomic mass is 9.85. The van der Waals surface area contributed by atoms with Crippen molar-refractivity contribution in [3.8, 4) is 39.2 Å². The summed E-state index contributed by atoms with van der Waals surface area (Å²) in [6, 6.07) is 9.54. The molecule has 2 unspecified atom stereocenters. The van der Waals surface area contributed by atoms with Gasteiger partial charge in [0.15, 0.2) is 11.5 Å². The van der Waals surface area contributed by atoms with Crippen LogP contribution in [0.5, 0.6) is 17.5 Å². The van der Waals surface area contributed by atoms with Crippen molar-refractivity contribution in [3.05, 3.63) is 104 Å². The molecule has 9 heterocycles. The van der Waals surface area contributed by atoms with Gasteiger partial charge in [0.25, 0.3) is 0 Å². The molecule has 24 heteroatoms. The zero-order valence-electron chi connectivity index (χ0n) is 45.4. The number of amides is 2. The molecule has 428 valence electrons. The predicted octanol–water partition coefficient (Wildman–Crippen LogP) is 5.26. The Morgan fingerprint density at radius 2 is 1.89 bits per heavy atom. The number of aliphatic hydroxyl groups is 2. The van der Waals surface area contributed by atoms with E-state index in [1.807, 2.05) is 45.0 Å². The highest BCUT2D eigenvalue weighted by Crippen LogP contribution is 2.53. The van der Waals surface area contributed by atoms with Crippen LogP contribution in [0.15, 0.2) is 60.4 Å². The van der Waals surface area contributed by atoms with Crippen LogP contribution in [0, 0.1) is 24.6 Å². The molecular formula is C58H61ClF2N12O8S. The van der Waals surface area contributed by atoms with E-state index >= 15 is 8.78 Å². The number of anilines is 1. The number of carbonyl (C=O) groups excluding carboxylic acids is 2. The molecule has 5 N–H and O–H groups in total. The number of benzene rings is 3. The standard InChI is InChI=1S/C58H61ClF2N12O8S/c1-27(2)51(57(77)71-21-35(75)17-44(71)56(76)65-43(23-74)30-5-7-31(8-6-30)54-29(4)63-26-82-54)72-22-42(69-70-72)32-9-10-33(39(61)15-32)24-79-53-47(46-28(3)38(60)18-40-37(46)20-64-68-40)49(59)52-48-50(53)66-58(81-36-11-13-78-14-12-36)67-55(48)73-34-16-41(62-19-34)45(73)25-80-52/h5-10,15,18,20,22,26-28,34-36,38,41,43-45,51,62,68,74-75H,11-14,16-17,19,21,23-25H2,1-4H3,(H,65,76)/t28?,34-,35+,38?,41-,43-,44-,45+,51-/m0/s1. The summed E-state index contributed by atoms with van der Waals surface area (Å²) in [6.07, 6.45) is 4.20. The molecule has 13 rings (SSSR count). The topological polar surface area (TPSA) is 240 Å². The summed E-state index contributed by atoms with van der Waals surface area (Å²) in [7, 11) is 0. The number of hydrogen-bond donors (Lipinski definition) is 5. The first-order chi connectivity index (χ1) is 39.7. The smallest absolute Gasteiger partial charge is 0.319 e. The number of thiazole rings is 1. The van der Waals surface area contributed by atoms with Gasteiger partial charge in [0, 0.05) is 72.3 Å². The quantitative estimate of drug-likeness (QED) is 0.0880. The van der Waals surface area contributed by atoms with Crippen molar-refractivity contribution in [1.82, 2.24) is 55.7 Å². The van der Waals surface area contributed by atoms with Gasteiger partial charge in [-0.25, -0.2) is 18.4 Å². The number of carbonyl (C=O) groups is 2. The molecule has 82 heavy (non-hydrogen) atoms. The van der Waals surface area contributed by atoms with Crippen molar-refractivity contribution >= 4 is 63.1 Å². The summed E-state index contributed by atoms with van der Waals surface area (Å²) < 4.78 is 60.2. The van der Waals surface area contributed by atoms with Crippen LogP contribution < -0.4 is 40.3 Å². The van der Waals surface area contributed by atoms with E-state index in [4.69, 9.17) is 40.5 Å². The molecule has 1 aliphatic carbocycles. The Labute approximate surface area is 478 Å². The normalized spacial score (nSPS) is 23.8. The Balaban J connectivity index is 0.797. The van der Waals surface area contributed by atoms with Crippen molar-refractivity contribution in [2.45, 2.75) is 115 Å². The van der Waals surface area contributed by atoms with Crippen molar-refractivity contribution in [2.75, 3.05) is 44.4 Å². The van der Waals surface area contributed by atoms with Crippen LogP contribution in [0.1, 0.15) is 80.9 Å². The monoisotopic (exact) mass is 1160 g/mol. The van der Waals surface area contributed by atoms with E-state index in [0.717, 1.165) is 29.1 Å². The first-order valence-corrected chi connectivity index (χ1v) is 29.1. The molecule has 0 spiro atoms. The van der Waals surface area contributed by atoms with E-state index in [1.165, 1.54) is 33.1 Å². The number of aromatic amines is 1. The van der Waals surface area contributed by atoms with Gasteiger partial charge in [0.1, 0.15) is 60.4 Å². The van der Waals surface area contributed by atoms with Gasteiger partial charge >= 0.3 is 6.01 Å². The number of aryl methyl sites for hydroxylation is 1. The molecule has 0 saturated carbocycles. The van der Waals surface area contributed by atoms with E-state index in [2.05, 4.69) is 41.0 Å². The first kappa shape index (κ1) is 54.1. The van der Waals surface area contributed by atoms with Crippen molar-refractivity contribution in [3.63, 3.8) is 0 Å². The van der Waals surface area contributed by atoms with Gasteiger partial charge in [0.05, 0.1) is 82.2 Å². The average molecular weight is 1160 g/mol. The molecule has 6 aliphatic rings. The minimum absolute atomic E-state index is 0.00831. The minimum Gasteiger partial charge on any atom is -0.489 e. The number of aliphatic hydroxyl groups excluding tert-OH is 2. The molecule has 7 aromatic rings. The first-order valence-electron chi connectivity index (χ1n) is 27.8. The summed E-state index contributed by atoms with van der Waals surface area (Å²) in [4.78, 5) is 47.8. The number of nitrogens with zero attached hydrogens (tertiary/aromatic N) is 9.